The van der Waals surface area contributed by atoms with Crippen LogP contribution in [0.2, 0.25) is 0 Å². The Bertz CT molecular complexity index is 457. The zero-order valence-corrected chi connectivity index (χ0v) is 12.4. The Labute approximate surface area is 120 Å². The average Bonchev–Trinajstić information content (AvgIpc) is 2.98. The molecule has 20 heavy (non-hydrogen) atoms. The topological polar surface area (TPSA) is 44.7 Å². The summed E-state index contributed by atoms with van der Waals surface area (Å²) in [5, 5.41) is 16.3. The first-order valence-corrected chi connectivity index (χ1v) is 7.37. The van der Waals surface area contributed by atoms with Gasteiger partial charge >= 0.3 is 0 Å². The summed E-state index contributed by atoms with van der Waals surface area (Å²) in [6.07, 6.45) is -0.502. The van der Waals surface area contributed by atoms with E-state index >= 15 is 0 Å². The maximum absolute atomic E-state index is 10.7. The molecule has 2 heterocycles. The smallest absolute Gasteiger partial charge is 0.0959 e. The lowest BCUT2D eigenvalue weighted by atomic mass is 9.91. The fraction of sp³-hybridized carbons (Fsp3) is 0.625. The van der Waals surface area contributed by atoms with Gasteiger partial charge in [-0.1, -0.05) is 30.3 Å². The third-order valence-corrected chi connectivity index (χ3v) is 4.31. The second-order valence-corrected chi connectivity index (χ2v) is 6.83. The first-order valence-electron chi connectivity index (χ1n) is 7.37. The molecule has 2 N–H and O–H groups in total. The molecule has 2 aliphatic heterocycles. The first-order chi connectivity index (χ1) is 9.48. The van der Waals surface area contributed by atoms with Crippen LogP contribution in [0.1, 0.15) is 32.4 Å². The number of aliphatic hydroxyl groups excluding tert-OH is 1. The van der Waals surface area contributed by atoms with Crippen LogP contribution in [0.15, 0.2) is 30.3 Å². The Morgan fingerprint density at radius 3 is 2.65 bits per heavy atom. The number of aliphatic hydroxyl groups is 1. The molecule has 4 nitrogen and oxygen atoms in total. The second-order valence-electron chi connectivity index (χ2n) is 6.83. The second kappa shape index (κ2) is 5.11. The van der Waals surface area contributed by atoms with E-state index < -0.39 is 6.10 Å². The van der Waals surface area contributed by atoms with Crippen LogP contribution in [0.3, 0.4) is 0 Å². The minimum Gasteiger partial charge on any atom is -0.387 e. The van der Waals surface area contributed by atoms with Crippen molar-refractivity contribution in [2.75, 3.05) is 13.2 Å². The third kappa shape index (κ3) is 2.37. The van der Waals surface area contributed by atoms with Crippen molar-refractivity contribution in [2.45, 2.75) is 44.5 Å². The lowest BCUT2D eigenvalue weighted by molar-refractivity contribution is -0.196. The lowest BCUT2D eigenvalue weighted by Gasteiger charge is -2.38. The molecular formula is C16H24N2O2. The summed E-state index contributed by atoms with van der Waals surface area (Å²) < 4.78 is 0. The molecule has 0 aromatic heterocycles. The van der Waals surface area contributed by atoms with E-state index in [1.165, 1.54) is 0 Å². The molecule has 4 heteroatoms. The van der Waals surface area contributed by atoms with Crippen LogP contribution in [0.4, 0.5) is 0 Å². The van der Waals surface area contributed by atoms with Gasteiger partial charge in [0.05, 0.1) is 24.8 Å². The van der Waals surface area contributed by atoms with Gasteiger partial charge in [0.1, 0.15) is 0 Å². The van der Waals surface area contributed by atoms with Crippen LogP contribution in [-0.2, 0) is 4.84 Å². The minimum absolute atomic E-state index is 0.0177. The van der Waals surface area contributed by atoms with E-state index in [1.54, 1.807) is 0 Å². The Morgan fingerprint density at radius 1 is 1.30 bits per heavy atom. The van der Waals surface area contributed by atoms with E-state index in [0.717, 1.165) is 18.7 Å². The van der Waals surface area contributed by atoms with Gasteiger partial charge in [0.15, 0.2) is 0 Å². The van der Waals surface area contributed by atoms with Gasteiger partial charge in [0.2, 0.25) is 0 Å². The van der Waals surface area contributed by atoms with Gasteiger partial charge in [-0.3, -0.25) is 4.84 Å². The van der Waals surface area contributed by atoms with Crippen LogP contribution in [0.25, 0.3) is 0 Å². The van der Waals surface area contributed by atoms with Gasteiger partial charge in [-0.25, -0.2) is 0 Å². The first kappa shape index (κ1) is 14.0. The fourth-order valence-electron chi connectivity index (χ4n) is 3.38. The highest BCUT2D eigenvalue weighted by molar-refractivity contribution is 5.21. The summed E-state index contributed by atoms with van der Waals surface area (Å²) in [5.41, 5.74) is 0.909. The Morgan fingerprint density at radius 2 is 2.00 bits per heavy atom. The molecule has 2 fully saturated rings. The van der Waals surface area contributed by atoms with Crippen LogP contribution < -0.4 is 5.32 Å². The van der Waals surface area contributed by atoms with Gasteiger partial charge in [-0.2, -0.15) is 5.06 Å². The van der Waals surface area contributed by atoms with Crippen LogP contribution in [0.5, 0.6) is 0 Å². The van der Waals surface area contributed by atoms with E-state index in [9.17, 15) is 5.11 Å². The number of rotatable bonds is 2. The van der Waals surface area contributed by atoms with Gasteiger partial charge in [-0.05, 0) is 26.3 Å². The summed E-state index contributed by atoms with van der Waals surface area (Å²) in [6.45, 7) is 8.11. The largest absolute Gasteiger partial charge is 0.387 e. The highest BCUT2D eigenvalue weighted by Crippen LogP contribution is 2.37. The van der Waals surface area contributed by atoms with Crippen molar-refractivity contribution in [1.82, 2.24) is 10.4 Å². The molecule has 0 amide bonds. The molecule has 1 aromatic carbocycles. The normalized spacial score (nSPS) is 32.3. The minimum atomic E-state index is -0.502. The van der Waals surface area contributed by atoms with Gasteiger partial charge in [-0.15, -0.1) is 0 Å². The summed E-state index contributed by atoms with van der Waals surface area (Å²) in [5.74, 6) is 0.456. The molecule has 3 rings (SSSR count). The predicted octanol–water partition coefficient (Wildman–Crippen LogP) is 1.72. The fourth-order valence-corrected chi connectivity index (χ4v) is 3.38. The van der Waals surface area contributed by atoms with Gasteiger partial charge in [0.25, 0.3) is 0 Å². The maximum atomic E-state index is 10.7. The predicted molar refractivity (Wildman–Crippen MR) is 78.0 cm³/mol. The lowest BCUT2D eigenvalue weighted by Crippen LogP contribution is -2.52. The zero-order valence-electron chi connectivity index (χ0n) is 12.4. The van der Waals surface area contributed by atoms with Crippen molar-refractivity contribution in [2.24, 2.45) is 5.92 Å². The van der Waals surface area contributed by atoms with Gasteiger partial charge in [0, 0.05) is 18.0 Å². The molecule has 2 saturated heterocycles. The number of fused-ring (bicyclic) bond motifs is 1. The molecule has 0 saturated carbocycles. The zero-order chi connectivity index (χ0) is 14.3. The maximum Gasteiger partial charge on any atom is 0.0959 e. The number of hydroxylamine groups is 2. The molecule has 0 spiro atoms. The number of nitrogens with zero attached hydrogens (tertiary/aromatic N) is 1. The van der Waals surface area contributed by atoms with E-state index in [1.807, 2.05) is 30.3 Å². The molecular weight excluding hydrogens is 252 g/mol. The summed E-state index contributed by atoms with van der Waals surface area (Å²) in [4.78, 5) is 5.88. The van der Waals surface area contributed by atoms with E-state index in [-0.39, 0.29) is 17.6 Å². The van der Waals surface area contributed by atoms with Crippen molar-refractivity contribution in [3.63, 3.8) is 0 Å². The molecule has 4 atom stereocenters. The van der Waals surface area contributed by atoms with Crippen LogP contribution in [0, 0.1) is 5.92 Å². The van der Waals surface area contributed by atoms with E-state index in [0.29, 0.717) is 5.92 Å². The average molecular weight is 276 g/mol. The van der Waals surface area contributed by atoms with Crippen LogP contribution >= 0.6 is 0 Å². The quantitative estimate of drug-likeness (QED) is 0.863. The van der Waals surface area contributed by atoms with Gasteiger partial charge < -0.3 is 10.4 Å². The number of nitrogens with one attached hydrogen (secondary N) is 1. The summed E-state index contributed by atoms with van der Waals surface area (Å²) >= 11 is 0. The summed E-state index contributed by atoms with van der Waals surface area (Å²) in [7, 11) is 0. The molecule has 110 valence electrons. The molecule has 0 aliphatic carbocycles. The highest BCUT2D eigenvalue weighted by atomic mass is 16.7. The molecule has 0 radical (unpaired) electrons. The van der Waals surface area contributed by atoms with Crippen molar-refractivity contribution >= 4 is 0 Å². The van der Waals surface area contributed by atoms with Crippen molar-refractivity contribution in [3.05, 3.63) is 35.9 Å². The van der Waals surface area contributed by atoms with E-state index in [2.05, 4.69) is 31.2 Å². The molecule has 2 aliphatic rings. The molecule has 0 bridgehead atoms. The Kier molecular flexibility index (Phi) is 3.58. The van der Waals surface area contributed by atoms with Crippen LogP contribution in [-0.4, -0.2) is 40.9 Å². The summed E-state index contributed by atoms with van der Waals surface area (Å²) in [6, 6.07) is 10.1. The number of hydrogen-bond acceptors (Lipinski definition) is 4. The Hall–Kier alpha value is -0.940. The number of hydrogen-bond donors (Lipinski definition) is 2. The molecule has 1 aromatic rings. The third-order valence-electron chi connectivity index (χ3n) is 4.31. The van der Waals surface area contributed by atoms with Crippen molar-refractivity contribution < 1.29 is 9.94 Å². The molecule has 0 unspecified atom stereocenters. The van der Waals surface area contributed by atoms with Crippen molar-refractivity contribution in [3.8, 4) is 0 Å². The standard InChI is InChI=1S/C16H24N2O2/c1-16(2,3)18-14-12(10-20-18)9-17-13(14)15(19)11-7-5-4-6-8-11/h4-8,12-15,17,19H,9-10H2,1-3H3/t12-,13+,14+,15+/m1/s1. The monoisotopic (exact) mass is 276 g/mol. The number of benzene rings is 1. The highest BCUT2D eigenvalue weighted by Gasteiger charge is 2.51. The Balaban J connectivity index is 1.84. The SMILES string of the molecule is CC(C)(C)N1OC[C@H]2CN[C@H]([C@@H](O)c3ccccc3)[C@H]21. The van der Waals surface area contributed by atoms with Crippen molar-refractivity contribution in [1.29, 1.82) is 0 Å². The van der Waals surface area contributed by atoms with E-state index in [4.69, 9.17) is 4.84 Å².